The van der Waals surface area contributed by atoms with Crippen LogP contribution in [0.15, 0.2) is 12.7 Å². The molecule has 0 fully saturated rings. The molecule has 0 unspecified atom stereocenters. The molecule has 0 aliphatic carbocycles. The van der Waals surface area contributed by atoms with E-state index in [0.29, 0.717) is 17.4 Å². The first-order valence-corrected chi connectivity index (χ1v) is 6.32. The Morgan fingerprint density at radius 1 is 1.26 bits per heavy atom. The van der Waals surface area contributed by atoms with E-state index in [1.165, 1.54) is 6.33 Å². The largest absolute Gasteiger partial charge is 0.490 e. The summed E-state index contributed by atoms with van der Waals surface area (Å²) in [4.78, 5) is 12.8. The van der Waals surface area contributed by atoms with Gasteiger partial charge in [-0.1, -0.05) is 6.92 Å². The Kier molecular flexibility index (Phi) is 3.99. The van der Waals surface area contributed by atoms with Crippen molar-refractivity contribution in [3.63, 3.8) is 0 Å². The molecule has 0 spiro atoms. The topological polar surface area (TPSA) is 64.9 Å². The van der Waals surface area contributed by atoms with E-state index in [2.05, 4.69) is 27.2 Å². The van der Waals surface area contributed by atoms with Gasteiger partial charge in [-0.25, -0.2) is 15.0 Å². The summed E-state index contributed by atoms with van der Waals surface area (Å²) in [6.07, 6.45) is 4.30. The summed E-state index contributed by atoms with van der Waals surface area (Å²) in [5.74, 6) is 2.05. The zero-order chi connectivity index (χ0) is 13.8. The number of anilines is 1. The van der Waals surface area contributed by atoms with Gasteiger partial charge in [0.1, 0.15) is 12.7 Å². The zero-order valence-electron chi connectivity index (χ0n) is 11.8. The standard InChI is InChI=1S/C13H19N5O/c1-5-6-14-12-11(19-4)13(16-7-15-12)18-8-17-9(2)10(18)3/h7-8H,5-6H2,1-4H3,(H,14,15,16). The second kappa shape index (κ2) is 5.69. The fourth-order valence-corrected chi connectivity index (χ4v) is 1.81. The third kappa shape index (κ3) is 2.52. The number of imidazole rings is 1. The molecule has 102 valence electrons. The molecule has 1 N–H and O–H groups in total. The van der Waals surface area contributed by atoms with Gasteiger partial charge in [0, 0.05) is 12.2 Å². The zero-order valence-corrected chi connectivity index (χ0v) is 11.8. The van der Waals surface area contributed by atoms with Gasteiger partial charge in [-0.2, -0.15) is 0 Å². The Labute approximate surface area is 112 Å². The molecule has 0 aliphatic heterocycles. The van der Waals surface area contributed by atoms with Crippen LogP contribution >= 0.6 is 0 Å². The van der Waals surface area contributed by atoms with Crippen molar-refractivity contribution in [2.75, 3.05) is 19.0 Å². The number of nitrogens with one attached hydrogen (secondary N) is 1. The quantitative estimate of drug-likeness (QED) is 0.893. The van der Waals surface area contributed by atoms with Crippen LogP contribution in [-0.2, 0) is 0 Å². The van der Waals surface area contributed by atoms with Crippen LogP contribution in [0.5, 0.6) is 5.75 Å². The second-order valence-electron chi connectivity index (χ2n) is 4.29. The Morgan fingerprint density at radius 2 is 2.05 bits per heavy atom. The molecule has 0 saturated heterocycles. The molecular weight excluding hydrogens is 242 g/mol. The smallest absolute Gasteiger partial charge is 0.205 e. The lowest BCUT2D eigenvalue weighted by atomic mass is 10.3. The minimum Gasteiger partial charge on any atom is -0.490 e. The molecule has 0 radical (unpaired) electrons. The number of hydrogen-bond acceptors (Lipinski definition) is 5. The van der Waals surface area contributed by atoms with Gasteiger partial charge >= 0.3 is 0 Å². The van der Waals surface area contributed by atoms with E-state index >= 15 is 0 Å². The van der Waals surface area contributed by atoms with E-state index in [1.54, 1.807) is 13.4 Å². The van der Waals surface area contributed by atoms with Crippen molar-refractivity contribution in [1.29, 1.82) is 0 Å². The van der Waals surface area contributed by atoms with Crippen LogP contribution in [0.2, 0.25) is 0 Å². The van der Waals surface area contributed by atoms with Crippen molar-refractivity contribution < 1.29 is 4.74 Å². The summed E-state index contributed by atoms with van der Waals surface area (Å²) >= 11 is 0. The van der Waals surface area contributed by atoms with E-state index < -0.39 is 0 Å². The monoisotopic (exact) mass is 261 g/mol. The molecule has 6 nitrogen and oxygen atoms in total. The molecule has 2 aromatic heterocycles. The van der Waals surface area contributed by atoms with E-state index in [4.69, 9.17) is 4.74 Å². The van der Waals surface area contributed by atoms with Gasteiger partial charge in [-0.05, 0) is 20.3 Å². The maximum atomic E-state index is 5.46. The van der Waals surface area contributed by atoms with E-state index in [0.717, 1.165) is 24.4 Å². The Balaban J connectivity index is 2.48. The maximum Gasteiger partial charge on any atom is 0.205 e. The summed E-state index contributed by atoms with van der Waals surface area (Å²) in [5, 5.41) is 3.24. The average molecular weight is 261 g/mol. The fraction of sp³-hybridized carbons (Fsp3) is 0.462. The summed E-state index contributed by atoms with van der Waals surface area (Å²) in [6.45, 7) is 6.92. The van der Waals surface area contributed by atoms with Crippen molar-refractivity contribution in [1.82, 2.24) is 19.5 Å². The molecule has 0 aliphatic rings. The Morgan fingerprint density at radius 3 is 2.63 bits per heavy atom. The summed E-state index contributed by atoms with van der Waals surface area (Å²) in [5.41, 5.74) is 2.02. The molecule has 2 heterocycles. The second-order valence-corrected chi connectivity index (χ2v) is 4.29. The van der Waals surface area contributed by atoms with Gasteiger partial charge in [0.2, 0.25) is 5.75 Å². The highest BCUT2D eigenvalue weighted by molar-refractivity contribution is 5.58. The van der Waals surface area contributed by atoms with Crippen LogP contribution in [0.4, 0.5) is 5.82 Å². The van der Waals surface area contributed by atoms with E-state index in [-0.39, 0.29) is 0 Å². The highest BCUT2D eigenvalue weighted by Gasteiger charge is 2.15. The molecule has 0 amide bonds. The molecule has 0 aromatic carbocycles. The lowest BCUT2D eigenvalue weighted by Crippen LogP contribution is -2.09. The number of aromatic nitrogens is 4. The number of hydrogen-bond donors (Lipinski definition) is 1. The number of methoxy groups -OCH3 is 1. The normalized spacial score (nSPS) is 10.5. The van der Waals surface area contributed by atoms with Crippen molar-refractivity contribution in [3.8, 4) is 11.6 Å². The predicted octanol–water partition coefficient (Wildman–Crippen LogP) is 2.11. The van der Waals surface area contributed by atoms with Crippen LogP contribution in [0.3, 0.4) is 0 Å². The van der Waals surface area contributed by atoms with Gasteiger partial charge in [0.25, 0.3) is 0 Å². The highest BCUT2D eigenvalue weighted by atomic mass is 16.5. The predicted molar refractivity (Wildman–Crippen MR) is 74.0 cm³/mol. The first-order valence-electron chi connectivity index (χ1n) is 6.32. The van der Waals surface area contributed by atoms with Crippen LogP contribution in [-0.4, -0.2) is 33.2 Å². The first kappa shape index (κ1) is 13.3. The maximum absolute atomic E-state index is 5.46. The minimum atomic E-state index is 0.636. The lowest BCUT2D eigenvalue weighted by molar-refractivity contribution is 0.410. The van der Waals surface area contributed by atoms with Crippen LogP contribution in [0.1, 0.15) is 24.7 Å². The van der Waals surface area contributed by atoms with Gasteiger partial charge in [0.15, 0.2) is 11.6 Å². The summed E-state index contributed by atoms with van der Waals surface area (Å²) in [7, 11) is 1.62. The number of nitrogens with zero attached hydrogens (tertiary/aromatic N) is 4. The first-order chi connectivity index (χ1) is 9.19. The van der Waals surface area contributed by atoms with E-state index in [9.17, 15) is 0 Å². The van der Waals surface area contributed by atoms with Crippen molar-refractivity contribution >= 4 is 5.82 Å². The molecular formula is C13H19N5O. The minimum absolute atomic E-state index is 0.636. The lowest BCUT2D eigenvalue weighted by Gasteiger charge is -2.13. The third-order valence-electron chi connectivity index (χ3n) is 3.01. The Bertz CT molecular complexity index is 564. The molecule has 0 atom stereocenters. The van der Waals surface area contributed by atoms with Crippen molar-refractivity contribution in [2.45, 2.75) is 27.2 Å². The molecule has 0 bridgehead atoms. The number of ether oxygens (including phenoxy) is 1. The Hall–Kier alpha value is -2.11. The number of rotatable bonds is 5. The van der Waals surface area contributed by atoms with Gasteiger partial charge in [0.05, 0.1) is 12.8 Å². The molecule has 2 aromatic rings. The van der Waals surface area contributed by atoms with Crippen molar-refractivity contribution in [3.05, 3.63) is 24.0 Å². The molecule has 2 rings (SSSR count). The SMILES string of the molecule is CCCNc1ncnc(-n2cnc(C)c2C)c1OC. The van der Waals surface area contributed by atoms with Crippen LogP contribution in [0, 0.1) is 13.8 Å². The van der Waals surface area contributed by atoms with Gasteiger partial charge in [-0.15, -0.1) is 0 Å². The molecule has 6 heteroatoms. The summed E-state index contributed by atoms with van der Waals surface area (Å²) in [6, 6.07) is 0. The third-order valence-corrected chi connectivity index (χ3v) is 3.01. The van der Waals surface area contributed by atoms with Gasteiger partial charge in [-0.3, -0.25) is 4.57 Å². The molecule has 19 heavy (non-hydrogen) atoms. The molecule has 0 saturated carbocycles. The van der Waals surface area contributed by atoms with Crippen LogP contribution < -0.4 is 10.1 Å². The van der Waals surface area contributed by atoms with Crippen LogP contribution in [0.25, 0.3) is 5.82 Å². The van der Waals surface area contributed by atoms with E-state index in [1.807, 2.05) is 18.4 Å². The van der Waals surface area contributed by atoms with Crippen molar-refractivity contribution in [2.24, 2.45) is 0 Å². The summed E-state index contributed by atoms with van der Waals surface area (Å²) < 4.78 is 7.37. The number of aryl methyl sites for hydroxylation is 1. The average Bonchev–Trinajstić information content (AvgIpc) is 2.76. The fourth-order valence-electron chi connectivity index (χ4n) is 1.81. The highest BCUT2D eigenvalue weighted by Crippen LogP contribution is 2.28. The van der Waals surface area contributed by atoms with Gasteiger partial charge < -0.3 is 10.1 Å².